The van der Waals surface area contributed by atoms with E-state index in [9.17, 15) is 9.59 Å². The number of nitrogens with zero attached hydrogens (tertiary/aromatic N) is 1. The maximum Gasteiger partial charge on any atom is 0.339 e. The predicted octanol–water partition coefficient (Wildman–Crippen LogP) is 1.66. The molecular formula is C20H25ClN3O3+. The summed E-state index contributed by atoms with van der Waals surface area (Å²) in [5.41, 5.74) is 3.43. The van der Waals surface area contributed by atoms with Gasteiger partial charge in [-0.3, -0.25) is 4.79 Å². The Morgan fingerprint density at radius 1 is 1.26 bits per heavy atom. The maximum absolute atomic E-state index is 12.8. The number of nitrogens with one attached hydrogen (secondary N) is 2. The van der Waals surface area contributed by atoms with Gasteiger partial charge < -0.3 is 19.5 Å². The fourth-order valence-electron chi connectivity index (χ4n) is 3.68. The average Bonchev–Trinajstić information content (AvgIpc) is 2.96. The van der Waals surface area contributed by atoms with Crippen molar-refractivity contribution in [1.82, 2.24) is 4.98 Å². The van der Waals surface area contributed by atoms with Crippen LogP contribution in [0.2, 0.25) is 5.02 Å². The van der Waals surface area contributed by atoms with Crippen LogP contribution in [0.3, 0.4) is 0 Å². The zero-order valence-electron chi connectivity index (χ0n) is 15.9. The minimum Gasteiger partial charge on any atom is -0.465 e. The summed E-state index contributed by atoms with van der Waals surface area (Å²) in [5, 5.41) is 0.733. The molecule has 2 aromatic rings. The lowest BCUT2D eigenvalue weighted by Gasteiger charge is -2.33. The standard InChI is InChI=1S/C20H24ClN3O3/c1-13-18(20(26)27-3)14(2)22-19(13)17(25)12-23-7-9-24(10-8-23)16-6-4-5-15(21)11-16/h4-6,11,22H,7-10,12H2,1-3H3/p+1. The van der Waals surface area contributed by atoms with E-state index in [2.05, 4.69) is 16.0 Å². The molecule has 0 saturated carbocycles. The number of quaternary nitrogens is 1. The van der Waals surface area contributed by atoms with Crippen molar-refractivity contribution in [3.8, 4) is 0 Å². The van der Waals surface area contributed by atoms with Crippen LogP contribution in [0.5, 0.6) is 0 Å². The van der Waals surface area contributed by atoms with E-state index in [0.717, 1.165) is 36.9 Å². The Kier molecular flexibility index (Phi) is 5.87. The molecule has 0 amide bonds. The Morgan fingerprint density at radius 3 is 2.59 bits per heavy atom. The van der Waals surface area contributed by atoms with E-state index in [1.807, 2.05) is 18.2 Å². The molecule has 1 fully saturated rings. The number of ether oxygens (including phenoxy) is 1. The Labute approximate surface area is 164 Å². The van der Waals surface area contributed by atoms with Crippen LogP contribution >= 0.6 is 11.6 Å². The molecule has 0 bridgehead atoms. The van der Waals surface area contributed by atoms with Gasteiger partial charge in [-0.25, -0.2) is 4.79 Å². The second-order valence-electron chi connectivity index (χ2n) is 6.93. The first-order valence-corrected chi connectivity index (χ1v) is 9.43. The molecule has 1 aliphatic heterocycles. The monoisotopic (exact) mass is 390 g/mol. The highest BCUT2D eigenvalue weighted by atomic mass is 35.5. The second kappa shape index (κ2) is 8.15. The molecule has 1 aromatic carbocycles. The molecule has 2 heterocycles. The number of benzene rings is 1. The molecule has 1 aromatic heterocycles. The summed E-state index contributed by atoms with van der Waals surface area (Å²) in [6.45, 7) is 7.48. The number of hydrogen-bond donors (Lipinski definition) is 2. The number of hydrogen-bond acceptors (Lipinski definition) is 4. The number of carbonyl (C=O) groups is 2. The van der Waals surface area contributed by atoms with E-state index in [0.29, 0.717) is 29.1 Å². The zero-order chi connectivity index (χ0) is 19.6. The van der Waals surface area contributed by atoms with Crippen molar-refractivity contribution in [2.45, 2.75) is 13.8 Å². The highest BCUT2D eigenvalue weighted by Crippen LogP contribution is 2.20. The van der Waals surface area contributed by atoms with Gasteiger partial charge in [0.05, 0.1) is 44.5 Å². The highest BCUT2D eigenvalue weighted by Gasteiger charge is 2.27. The number of Topliss-reactive ketones (excluding diaryl/α,β-unsaturated/α-hetero) is 1. The van der Waals surface area contributed by atoms with Gasteiger partial charge in [-0.05, 0) is 37.6 Å². The van der Waals surface area contributed by atoms with Crippen molar-refractivity contribution in [2.75, 3.05) is 44.7 Å². The van der Waals surface area contributed by atoms with Crippen molar-refractivity contribution < 1.29 is 19.2 Å². The molecule has 0 radical (unpaired) electrons. The number of carbonyl (C=O) groups excluding carboxylic acids is 2. The van der Waals surface area contributed by atoms with Crippen LogP contribution in [0.4, 0.5) is 5.69 Å². The number of piperazine rings is 1. The van der Waals surface area contributed by atoms with Crippen molar-refractivity contribution in [3.05, 3.63) is 51.8 Å². The summed E-state index contributed by atoms with van der Waals surface area (Å²) in [4.78, 5) is 31.3. The third-order valence-corrected chi connectivity index (χ3v) is 5.40. The van der Waals surface area contributed by atoms with Crippen molar-refractivity contribution >= 4 is 29.0 Å². The minimum absolute atomic E-state index is 0.0250. The summed E-state index contributed by atoms with van der Waals surface area (Å²) in [5.74, 6) is -0.389. The predicted molar refractivity (Wildman–Crippen MR) is 105 cm³/mol. The van der Waals surface area contributed by atoms with Crippen LogP contribution < -0.4 is 9.80 Å². The quantitative estimate of drug-likeness (QED) is 0.602. The molecule has 0 spiro atoms. The Balaban J connectivity index is 1.62. The summed E-state index contributed by atoms with van der Waals surface area (Å²) in [6.07, 6.45) is 0. The lowest BCUT2D eigenvalue weighted by molar-refractivity contribution is -0.892. The number of methoxy groups -OCH3 is 1. The maximum atomic E-state index is 12.8. The number of anilines is 1. The summed E-state index contributed by atoms with van der Waals surface area (Å²) in [6, 6.07) is 7.85. The van der Waals surface area contributed by atoms with Crippen LogP contribution in [0.15, 0.2) is 24.3 Å². The first-order chi connectivity index (χ1) is 12.9. The molecule has 6 nitrogen and oxygen atoms in total. The first kappa shape index (κ1) is 19.5. The van der Waals surface area contributed by atoms with Crippen LogP contribution in [0.1, 0.15) is 32.1 Å². The van der Waals surface area contributed by atoms with E-state index < -0.39 is 5.97 Å². The van der Waals surface area contributed by atoms with Gasteiger partial charge in [0.25, 0.3) is 0 Å². The number of H-pyrrole nitrogens is 1. The van der Waals surface area contributed by atoms with Crippen LogP contribution in [-0.2, 0) is 4.74 Å². The lowest BCUT2D eigenvalue weighted by atomic mass is 10.1. The summed E-state index contributed by atoms with van der Waals surface area (Å²) >= 11 is 6.08. The molecule has 144 valence electrons. The topological polar surface area (TPSA) is 66.8 Å². The van der Waals surface area contributed by atoms with Crippen LogP contribution in [0, 0.1) is 13.8 Å². The SMILES string of the molecule is COC(=O)c1c(C)[nH]c(C(=O)C[NH+]2CCN(c3cccc(Cl)c3)CC2)c1C. The number of aryl methyl sites for hydroxylation is 1. The van der Waals surface area contributed by atoms with Gasteiger partial charge >= 0.3 is 5.97 Å². The molecule has 3 rings (SSSR count). The van der Waals surface area contributed by atoms with E-state index in [4.69, 9.17) is 16.3 Å². The van der Waals surface area contributed by atoms with E-state index in [1.165, 1.54) is 12.0 Å². The van der Waals surface area contributed by atoms with Crippen molar-refractivity contribution in [1.29, 1.82) is 0 Å². The molecule has 2 N–H and O–H groups in total. The Morgan fingerprint density at radius 2 is 1.96 bits per heavy atom. The van der Waals surface area contributed by atoms with Gasteiger partial charge in [-0.2, -0.15) is 0 Å². The van der Waals surface area contributed by atoms with E-state index >= 15 is 0 Å². The summed E-state index contributed by atoms with van der Waals surface area (Å²) in [7, 11) is 1.35. The molecular weight excluding hydrogens is 366 g/mol. The molecule has 1 saturated heterocycles. The van der Waals surface area contributed by atoms with Crippen LogP contribution in [0.25, 0.3) is 0 Å². The molecule has 27 heavy (non-hydrogen) atoms. The Hall–Kier alpha value is -2.31. The smallest absolute Gasteiger partial charge is 0.339 e. The molecule has 1 aliphatic rings. The number of aromatic nitrogens is 1. The number of esters is 1. The van der Waals surface area contributed by atoms with E-state index in [-0.39, 0.29) is 5.78 Å². The second-order valence-corrected chi connectivity index (χ2v) is 7.37. The fraction of sp³-hybridized carbons (Fsp3) is 0.400. The van der Waals surface area contributed by atoms with Crippen molar-refractivity contribution in [3.63, 3.8) is 0 Å². The summed E-state index contributed by atoms with van der Waals surface area (Å²) < 4.78 is 4.81. The Bertz CT molecular complexity index is 854. The number of halogens is 1. The van der Waals surface area contributed by atoms with Gasteiger partial charge in [-0.1, -0.05) is 17.7 Å². The van der Waals surface area contributed by atoms with Gasteiger partial charge in [0.15, 0.2) is 0 Å². The largest absolute Gasteiger partial charge is 0.465 e. The molecule has 0 aliphatic carbocycles. The number of aromatic amines is 1. The molecule has 0 atom stereocenters. The average molecular weight is 391 g/mol. The third kappa shape index (κ3) is 4.17. The number of rotatable bonds is 5. The van der Waals surface area contributed by atoms with Gasteiger partial charge in [0.1, 0.15) is 6.54 Å². The van der Waals surface area contributed by atoms with Gasteiger partial charge in [0, 0.05) is 16.4 Å². The molecule has 7 heteroatoms. The van der Waals surface area contributed by atoms with E-state index in [1.54, 1.807) is 13.8 Å². The fourth-order valence-corrected chi connectivity index (χ4v) is 3.87. The van der Waals surface area contributed by atoms with Gasteiger partial charge in [0.2, 0.25) is 5.78 Å². The highest BCUT2D eigenvalue weighted by molar-refractivity contribution is 6.30. The normalized spacial score (nSPS) is 15.0. The van der Waals surface area contributed by atoms with Crippen LogP contribution in [-0.4, -0.2) is 56.6 Å². The first-order valence-electron chi connectivity index (χ1n) is 9.05. The van der Waals surface area contributed by atoms with Gasteiger partial charge in [-0.15, -0.1) is 0 Å². The third-order valence-electron chi connectivity index (χ3n) is 5.16. The zero-order valence-corrected chi connectivity index (χ0v) is 16.7. The van der Waals surface area contributed by atoms with Crippen molar-refractivity contribution in [2.24, 2.45) is 0 Å². The minimum atomic E-state index is -0.414. The lowest BCUT2D eigenvalue weighted by Crippen LogP contribution is -3.15. The number of ketones is 1. The molecule has 0 unspecified atom stereocenters.